The Morgan fingerprint density at radius 3 is 1.35 bits per heavy atom. The number of aromatic nitrogens is 6. The number of hydrogen-bond donors (Lipinski definition) is 0. The molecule has 0 fully saturated rings. The first-order chi connectivity index (χ1) is 30.7. The first kappa shape index (κ1) is 35.5. The fraction of sp³-hybridized carbons (Fsp3) is 0. The Labute approximate surface area is 357 Å². The predicted molar refractivity (Wildman–Crippen MR) is 253 cm³/mol. The molecule has 12 aromatic rings. The van der Waals surface area contributed by atoms with Crippen LogP contribution < -0.4 is 0 Å². The summed E-state index contributed by atoms with van der Waals surface area (Å²) in [4.78, 5) is 15.3. The lowest BCUT2D eigenvalue weighted by atomic mass is 9.96. The zero-order chi connectivity index (χ0) is 41.0. The van der Waals surface area contributed by atoms with Crippen LogP contribution in [0, 0.1) is 0 Å². The summed E-state index contributed by atoms with van der Waals surface area (Å²) in [7, 11) is 0. The molecule has 0 radical (unpaired) electrons. The molecule has 0 saturated carbocycles. The highest BCUT2D eigenvalue weighted by molar-refractivity contribution is 6.10. The van der Waals surface area contributed by atoms with E-state index in [1.807, 2.05) is 36.4 Å². The minimum absolute atomic E-state index is 0.604. The second-order valence-electron chi connectivity index (χ2n) is 15.5. The average molecular weight is 793 g/mol. The number of nitrogens with zero attached hydrogens (tertiary/aromatic N) is 6. The molecule has 0 atom stereocenters. The second kappa shape index (κ2) is 14.7. The average Bonchev–Trinajstić information content (AvgIpc) is 3.92. The van der Waals surface area contributed by atoms with Crippen LogP contribution in [0.4, 0.5) is 0 Å². The zero-order valence-corrected chi connectivity index (χ0v) is 33.5. The topological polar surface area (TPSA) is 60.9 Å². The number of rotatable bonds is 7. The van der Waals surface area contributed by atoms with E-state index in [-0.39, 0.29) is 0 Å². The molecule has 0 aliphatic carbocycles. The molecule has 4 heterocycles. The standard InChI is InChI=1S/C56H36N6/c1-4-16-37(17-5-1)50-36-43-22-10-11-23-45(43)53-51(52(60-62(50)53)39-18-6-2-7-19-39)38-28-30-41(31-29-38)55-57-54(40-20-8-3-9-21-40)58-56(59-55)42-32-34-44(35-33-42)61-48-26-14-12-24-46(48)47-25-13-15-27-49(47)61/h1-36H. The summed E-state index contributed by atoms with van der Waals surface area (Å²) in [5, 5.41) is 10.2. The Kier molecular flexibility index (Phi) is 8.38. The van der Waals surface area contributed by atoms with E-state index in [9.17, 15) is 0 Å². The van der Waals surface area contributed by atoms with Gasteiger partial charge in [-0.3, -0.25) is 0 Å². The first-order valence-electron chi connectivity index (χ1n) is 20.8. The van der Waals surface area contributed by atoms with Crippen molar-refractivity contribution in [1.82, 2.24) is 29.1 Å². The lowest BCUT2D eigenvalue weighted by molar-refractivity contribution is 0.979. The maximum atomic E-state index is 5.39. The molecule has 0 saturated heterocycles. The van der Waals surface area contributed by atoms with Crippen LogP contribution in [0.25, 0.3) is 112 Å². The Bertz CT molecular complexity index is 3540. The van der Waals surface area contributed by atoms with Gasteiger partial charge in [-0.15, -0.1) is 0 Å². The van der Waals surface area contributed by atoms with E-state index in [2.05, 4.69) is 191 Å². The predicted octanol–water partition coefficient (Wildman–Crippen LogP) is 13.8. The van der Waals surface area contributed by atoms with Crippen LogP contribution in [-0.4, -0.2) is 29.1 Å². The van der Waals surface area contributed by atoms with Gasteiger partial charge in [0.1, 0.15) is 5.69 Å². The van der Waals surface area contributed by atoms with Crippen LogP contribution in [0.3, 0.4) is 0 Å². The van der Waals surface area contributed by atoms with Crippen molar-refractivity contribution in [3.63, 3.8) is 0 Å². The maximum Gasteiger partial charge on any atom is 0.164 e. The molecule has 4 aromatic heterocycles. The lowest BCUT2D eigenvalue weighted by Crippen LogP contribution is -2.00. The van der Waals surface area contributed by atoms with E-state index in [1.165, 1.54) is 21.8 Å². The van der Waals surface area contributed by atoms with Gasteiger partial charge in [0.05, 0.1) is 22.2 Å². The molecule has 0 aliphatic rings. The van der Waals surface area contributed by atoms with Crippen molar-refractivity contribution >= 4 is 38.1 Å². The van der Waals surface area contributed by atoms with Crippen molar-refractivity contribution in [3.05, 3.63) is 218 Å². The third-order valence-corrected chi connectivity index (χ3v) is 11.8. The highest BCUT2D eigenvalue weighted by Crippen LogP contribution is 2.41. The fourth-order valence-corrected chi connectivity index (χ4v) is 8.87. The van der Waals surface area contributed by atoms with Crippen LogP contribution >= 0.6 is 0 Å². The molecule has 12 rings (SSSR count). The largest absolute Gasteiger partial charge is 0.309 e. The van der Waals surface area contributed by atoms with Gasteiger partial charge in [-0.05, 0) is 53.4 Å². The van der Waals surface area contributed by atoms with Crippen molar-refractivity contribution in [2.45, 2.75) is 0 Å². The van der Waals surface area contributed by atoms with Crippen LogP contribution in [0.1, 0.15) is 0 Å². The summed E-state index contributed by atoms with van der Waals surface area (Å²) in [5.74, 6) is 1.84. The highest BCUT2D eigenvalue weighted by atomic mass is 15.2. The van der Waals surface area contributed by atoms with Gasteiger partial charge in [0.25, 0.3) is 0 Å². The van der Waals surface area contributed by atoms with Crippen LogP contribution in [0.5, 0.6) is 0 Å². The molecule has 6 nitrogen and oxygen atoms in total. The van der Waals surface area contributed by atoms with Gasteiger partial charge in [0.15, 0.2) is 17.5 Å². The number of hydrogen-bond acceptors (Lipinski definition) is 4. The van der Waals surface area contributed by atoms with Crippen LogP contribution in [0.15, 0.2) is 218 Å². The maximum absolute atomic E-state index is 5.39. The highest BCUT2D eigenvalue weighted by Gasteiger charge is 2.22. The smallest absolute Gasteiger partial charge is 0.164 e. The Balaban J connectivity index is 0.995. The molecule has 6 heteroatoms. The van der Waals surface area contributed by atoms with Crippen LogP contribution in [0.2, 0.25) is 0 Å². The summed E-state index contributed by atoms with van der Waals surface area (Å²) in [6.45, 7) is 0. The van der Waals surface area contributed by atoms with Gasteiger partial charge in [0, 0.05) is 55.2 Å². The summed E-state index contributed by atoms with van der Waals surface area (Å²) in [6, 6.07) is 76.2. The van der Waals surface area contributed by atoms with E-state index in [1.54, 1.807) is 0 Å². The van der Waals surface area contributed by atoms with Gasteiger partial charge in [0.2, 0.25) is 0 Å². The lowest BCUT2D eigenvalue weighted by Gasteiger charge is -2.12. The van der Waals surface area contributed by atoms with Gasteiger partial charge in [-0.25, -0.2) is 19.5 Å². The van der Waals surface area contributed by atoms with Crippen molar-refractivity contribution in [2.24, 2.45) is 0 Å². The molecular weight excluding hydrogens is 757 g/mol. The molecule has 290 valence electrons. The number of pyridine rings is 1. The summed E-state index contributed by atoms with van der Waals surface area (Å²) >= 11 is 0. The molecule has 0 spiro atoms. The van der Waals surface area contributed by atoms with Gasteiger partial charge >= 0.3 is 0 Å². The summed E-state index contributed by atoms with van der Waals surface area (Å²) < 4.78 is 4.45. The molecule has 0 unspecified atom stereocenters. The molecule has 0 aliphatic heterocycles. The van der Waals surface area contributed by atoms with Crippen molar-refractivity contribution in [2.75, 3.05) is 0 Å². The Morgan fingerprint density at radius 1 is 0.339 bits per heavy atom. The van der Waals surface area contributed by atoms with E-state index >= 15 is 0 Å². The third kappa shape index (κ3) is 5.96. The number of benzene rings is 8. The zero-order valence-electron chi connectivity index (χ0n) is 33.5. The summed E-state index contributed by atoms with van der Waals surface area (Å²) in [6.07, 6.45) is 0. The van der Waals surface area contributed by atoms with Gasteiger partial charge < -0.3 is 4.57 Å². The number of para-hydroxylation sites is 2. The van der Waals surface area contributed by atoms with Crippen molar-refractivity contribution in [1.29, 1.82) is 0 Å². The monoisotopic (exact) mass is 792 g/mol. The van der Waals surface area contributed by atoms with Crippen molar-refractivity contribution in [3.8, 4) is 73.5 Å². The quantitative estimate of drug-likeness (QED) is 0.161. The summed E-state index contributed by atoms with van der Waals surface area (Å²) in [5.41, 5.74) is 13.4. The van der Waals surface area contributed by atoms with Crippen molar-refractivity contribution < 1.29 is 0 Å². The molecule has 62 heavy (non-hydrogen) atoms. The molecule has 0 amide bonds. The van der Waals surface area contributed by atoms with E-state index in [0.717, 1.165) is 72.3 Å². The molecule has 8 aromatic carbocycles. The molecular formula is C56H36N6. The van der Waals surface area contributed by atoms with Crippen LogP contribution in [-0.2, 0) is 0 Å². The SMILES string of the molecule is c1ccc(-c2nc(-c3ccc(-c4c(-c5ccccc5)nn5c(-c6ccccc6)cc6ccccc6c45)cc3)nc(-c3ccc(-n4c5ccccc5c5ccccc54)cc3)n2)cc1. The minimum Gasteiger partial charge on any atom is -0.309 e. The van der Waals surface area contributed by atoms with Gasteiger partial charge in [-0.2, -0.15) is 5.10 Å². The Morgan fingerprint density at radius 2 is 0.774 bits per heavy atom. The van der Waals surface area contributed by atoms with Gasteiger partial charge in [-0.1, -0.05) is 176 Å². The van der Waals surface area contributed by atoms with E-state index < -0.39 is 0 Å². The molecule has 0 bridgehead atoms. The Hall–Kier alpha value is -8.48. The van der Waals surface area contributed by atoms with E-state index in [0.29, 0.717) is 17.5 Å². The second-order valence-corrected chi connectivity index (χ2v) is 15.5. The normalized spacial score (nSPS) is 11.5. The first-order valence-corrected chi connectivity index (χ1v) is 20.8. The minimum atomic E-state index is 0.604. The third-order valence-electron chi connectivity index (χ3n) is 11.8. The number of fused-ring (bicyclic) bond motifs is 6. The van der Waals surface area contributed by atoms with E-state index in [4.69, 9.17) is 20.1 Å². The molecule has 0 N–H and O–H groups in total. The fourth-order valence-electron chi connectivity index (χ4n) is 8.87.